The van der Waals surface area contributed by atoms with Gasteiger partial charge in [0, 0.05) is 17.6 Å². The SMILES string of the molecule is CCCNc1nc(-c2nc(C)cs2)nc(CCC)c1Br. The van der Waals surface area contributed by atoms with Gasteiger partial charge in [0.2, 0.25) is 0 Å². The minimum atomic E-state index is 0.716. The predicted molar refractivity (Wildman–Crippen MR) is 88.4 cm³/mol. The number of aromatic nitrogens is 3. The van der Waals surface area contributed by atoms with Crippen molar-refractivity contribution in [1.82, 2.24) is 15.0 Å². The van der Waals surface area contributed by atoms with E-state index >= 15 is 0 Å². The Morgan fingerprint density at radius 3 is 2.60 bits per heavy atom. The number of anilines is 1. The van der Waals surface area contributed by atoms with E-state index in [4.69, 9.17) is 0 Å². The first-order valence-electron chi connectivity index (χ1n) is 6.88. The highest BCUT2D eigenvalue weighted by Crippen LogP contribution is 2.29. The molecule has 0 aromatic carbocycles. The van der Waals surface area contributed by atoms with Crippen LogP contribution in [0, 0.1) is 6.92 Å². The maximum absolute atomic E-state index is 4.66. The Bertz CT molecular complexity index is 583. The van der Waals surface area contributed by atoms with Crippen molar-refractivity contribution >= 4 is 33.1 Å². The van der Waals surface area contributed by atoms with Crippen molar-refractivity contribution in [2.75, 3.05) is 11.9 Å². The first-order valence-corrected chi connectivity index (χ1v) is 8.55. The van der Waals surface area contributed by atoms with E-state index in [0.29, 0.717) is 5.82 Å². The fourth-order valence-corrected chi connectivity index (χ4v) is 3.05. The quantitative estimate of drug-likeness (QED) is 0.832. The third kappa shape index (κ3) is 3.55. The largest absolute Gasteiger partial charge is 0.369 e. The molecule has 4 nitrogen and oxygen atoms in total. The van der Waals surface area contributed by atoms with E-state index in [-0.39, 0.29) is 0 Å². The maximum atomic E-state index is 4.66. The van der Waals surface area contributed by atoms with Crippen molar-refractivity contribution in [1.29, 1.82) is 0 Å². The number of thiazole rings is 1. The summed E-state index contributed by atoms with van der Waals surface area (Å²) in [5.74, 6) is 1.58. The molecule has 0 amide bonds. The molecule has 0 aliphatic carbocycles. The van der Waals surface area contributed by atoms with Gasteiger partial charge in [-0.05, 0) is 35.7 Å². The van der Waals surface area contributed by atoms with Gasteiger partial charge >= 0.3 is 0 Å². The molecule has 20 heavy (non-hydrogen) atoms. The standard InChI is InChI=1S/C14H19BrN4S/c1-4-6-10-11(15)12(16-7-5-2)19-13(18-10)14-17-9(3)8-20-14/h8H,4-7H2,1-3H3,(H,16,18,19). The number of rotatable bonds is 6. The fourth-order valence-electron chi connectivity index (χ4n) is 1.81. The Morgan fingerprint density at radius 1 is 1.20 bits per heavy atom. The fraction of sp³-hybridized carbons (Fsp3) is 0.500. The molecule has 2 rings (SSSR count). The van der Waals surface area contributed by atoms with Gasteiger partial charge in [-0.1, -0.05) is 20.3 Å². The Morgan fingerprint density at radius 2 is 2.00 bits per heavy atom. The Labute approximate surface area is 132 Å². The van der Waals surface area contributed by atoms with E-state index in [9.17, 15) is 0 Å². The van der Waals surface area contributed by atoms with Crippen molar-refractivity contribution in [3.8, 4) is 10.8 Å². The summed E-state index contributed by atoms with van der Waals surface area (Å²) >= 11 is 5.21. The summed E-state index contributed by atoms with van der Waals surface area (Å²) in [5.41, 5.74) is 2.06. The van der Waals surface area contributed by atoms with E-state index in [1.54, 1.807) is 11.3 Å². The molecule has 0 bridgehead atoms. The van der Waals surface area contributed by atoms with Gasteiger partial charge in [-0.3, -0.25) is 0 Å². The van der Waals surface area contributed by atoms with Crippen LogP contribution in [-0.2, 0) is 6.42 Å². The first kappa shape index (κ1) is 15.4. The molecule has 0 saturated heterocycles. The molecule has 6 heteroatoms. The minimum Gasteiger partial charge on any atom is -0.369 e. The van der Waals surface area contributed by atoms with Crippen molar-refractivity contribution in [2.24, 2.45) is 0 Å². The van der Waals surface area contributed by atoms with Gasteiger partial charge in [0.15, 0.2) is 10.8 Å². The van der Waals surface area contributed by atoms with Crippen LogP contribution in [0.1, 0.15) is 38.1 Å². The molecule has 0 unspecified atom stereocenters. The molecule has 2 aromatic rings. The van der Waals surface area contributed by atoms with Crippen LogP contribution in [0.4, 0.5) is 5.82 Å². The van der Waals surface area contributed by atoms with Crippen molar-refractivity contribution in [3.05, 3.63) is 21.2 Å². The number of nitrogens with zero attached hydrogens (tertiary/aromatic N) is 3. The topological polar surface area (TPSA) is 50.7 Å². The van der Waals surface area contributed by atoms with Gasteiger partial charge in [0.05, 0.1) is 10.2 Å². The van der Waals surface area contributed by atoms with Crippen LogP contribution in [0.3, 0.4) is 0 Å². The van der Waals surface area contributed by atoms with Gasteiger partial charge in [0.25, 0.3) is 0 Å². The van der Waals surface area contributed by atoms with Crippen LogP contribution in [0.2, 0.25) is 0 Å². The van der Waals surface area contributed by atoms with E-state index in [1.807, 2.05) is 12.3 Å². The van der Waals surface area contributed by atoms with E-state index < -0.39 is 0 Å². The zero-order valence-electron chi connectivity index (χ0n) is 12.0. The molecule has 0 aliphatic heterocycles. The van der Waals surface area contributed by atoms with Crippen molar-refractivity contribution in [3.63, 3.8) is 0 Å². The molecule has 0 radical (unpaired) electrons. The summed E-state index contributed by atoms with van der Waals surface area (Å²) in [6.45, 7) is 7.18. The van der Waals surface area contributed by atoms with Gasteiger partial charge in [-0.25, -0.2) is 15.0 Å². The monoisotopic (exact) mass is 354 g/mol. The third-order valence-electron chi connectivity index (χ3n) is 2.76. The molecule has 0 spiro atoms. The Kier molecular flexibility index (Phi) is 5.48. The molecule has 2 heterocycles. The van der Waals surface area contributed by atoms with Gasteiger partial charge in [-0.2, -0.15) is 0 Å². The molecule has 0 saturated carbocycles. The van der Waals surface area contributed by atoms with Crippen molar-refractivity contribution < 1.29 is 0 Å². The summed E-state index contributed by atoms with van der Waals surface area (Å²) in [6.07, 6.45) is 3.05. The maximum Gasteiger partial charge on any atom is 0.191 e. The number of nitrogens with one attached hydrogen (secondary N) is 1. The van der Waals surface area contributed by atoms with Crippen LogP contribution in [-0.4, -0.2) is 21.5 Å². The highest BCUT2D eigenvalue weighted by Gasteiger charge is 2.14. The lowest BCUT2D eigenvalue weighted by atomic mass is 10.2. The Balaban J connectivity index is 2.43. The zero-order valence-corrected chi connectivity index (χ0v) is 14.4. The van der Waals surface area contributed by atoms with E-state index in [2.05, 4.69) is 50.0 Å². The lowest BCUT2D eigenvalue weighted by molar-refractivity contribution is 0.864. The molecule has 0 atom stereocenters. The normalized spacial score (nSPS) is 10.8. The molecule has 0 aliphatic rings. The number of halogens is 1. The van der Waals surface area contributed by atoms with Gasteiger partial charge in [-0.15, -0.1) is 11.3 Å². The summed E-state index contributed by atoms with van der Waals surface area (Å²) in [5, 5.41) is 6.27. The van der Waals surface area contributed by atoms with Crippen LogP contribution in [0.5, 0.6) is 0 Å². The highest BCUT2D eigenvalue weighted by molar-refractivity contribution is 9.10. The zero-order chi connectivity index (χ0) is 14.5. The number of aryl methyl sites for hydroxylation is 2. The van der Waals surface area contributed by atoms with Crippen LogP contribution >= 0.6 is 27.3 Å². The lowest BCUT2D eigenvalue weighted by Gasteiger charge is -2.11. The molecule has 1 N–H and O–H groups in total. The summed E-state index contributed by atoms with van der Waals surface area (Å²) in [6, 6.07) is 0. The predicted octanol–water partition coefficient (Wildman–Crippen LogP) is 4.45. The van der Waals surface area contributed by atoms with Crippen LogP contribution in [0.25, 0.3) is 10.8 Å². The lowest BCUT2D eigenvalue weighted by Crippen LogP contribution is -2.07. The smallest absolute Gasteiger partial charge is 0.191 e. The molecular formula is C14H19BrN4S. The highest BCUT2D eigenvalue weighted by atomic mass is 79.9. The number of hydrogen-bond acceptors (Lipinski definition) is 5. The molecule has 0 fully saturated rings. The summed E-state index contributed by atoms with van der Waals surface area (Å²) in [7, 11) is 0. The summed E-state index contributed by atoms with van der Waals surface area (Å²) in [4.78, 5) is 13.8. The molecule has 108 valence electrons. The van der Waals surface area contributed by atoms with E-state index in [0.717, 1.165) is 52.5 Å². The Hall–Kier alpha value is -1.01. The second kappa shape index (κ2) is 7.13. The van der Waals surface area contributed by atoms with Gasteiger partial charge in [0.1, 0.15) is 5.82 Å². The second-order valence-corrected chi connectivity index (χ2v) is 6.28. The average Bonchev–Trinajstić information content (AvgIpc) is 2.86. The molecule has 2 aromatic heterocycles. The van der Waals surface area contributed by atoms with E-state index in [1.165, 1.54) is 0 Å². The number of hydrogen-bond donors (Lipinski definition) is 1. The van der Waals surface area contributed by atoms with Crippen LogP contribution < -0.4 is 5.32 Å². The van der Waals surface area contributed by atoms with Crippen LogP contribution in [0.15, 0.2) is 9.85 Å². The average molecular weight is 355 g/mol. The first-order chi connectivity index (χ1) is 9.65. The second-order valence-electron chi connectivity index (χ2n) is 4.63. The van der Waals surface area contributed by atoms with Crippen molar-refractivity contribution in [2.45, 2.75) is 40.0 Å². The summed E-state index contributed by atoms with van der Waals surface area (Å²) < 4.78 is 0.977. The minimum absolute atomic E-state index is 0.716. The van der Waals surface area contributed by atoms with Gasteiger partial charge < -0.3 is 5.32 Å². The molecular weight excluding hydrogens is 336 g/mol. The third-order valence-corrected chi connectivity index (χ3v) is 4.55.